The van der Waals surface area contributed by atoms with Crippen molar-refractivity contribution >= 4 is 45.1 Å². The Kier molecular flexibility index (Phi) is 6.18. The van der Waals surface area contributed by atoms with E-state index in [-0.39, 0.29) is 29.9 Å². The summed E-state index contributed by atoms with van der Waals surface area (Å²) in [6.07, 6.45) is 0. The molecule has 7 heteroatoms. The summed E-state index contributed by atoms with van der Waals surface area (Å²) in [7, 11) is 0. The van der Waals surface area contributed by atoms with Crippen molar-refractivity contribution in [3.05, 3.63) is 26.9 Å². The van der Waals surface area contributed by atoms with Crippen LogP contribution in [0.5, 0.6) is 5.75 Å². The lowest BCUT2D eigenvalue weighted by Gasteiger charge is -2.11. The van der Waals surface area contributed by atoms with Crippen LogP contribution in [-0.4, -0.2) is 19.2 Å². The zero-order chi connectivity index (χ0) is 13.7. The quantitative estimate of drug-likeness (QED) is 0.454. The molecule has 1 aromatic carbocycles. The van der Waals surface area contributed by atoms with E-state index in [9.17, 15) is 9.18 Å². The first-order chi connectivity index (χ1) is 8.51. The molecule has 0 bridgehead atoms. The highest BCUT2D eigenvalue weighted by Crippen LogP contribution is 2.35. The van der Waals surface area contributed by atoms with Crippen LogP contribution in [0.15, 0.2) is 10.5 Å². The van der Waals surface area contributed by atoms with Gasteiger partial charge in [0.25, 0.3) is 0 Å². The molecule has 0 fully saturated rings. The molecule has 0 aromatic heterocycles. The second-order valence-electron chi connectivity index (χ2n) is 3.19. The number of benzene rings is 1. The van der Waals surface area contributed by atoms with E-state index in [0.29, 0.717) is 10.0 Å². The average Bonchev–Trinajstić information content (AvgIpc) is 2.33. The Morgan fingerprint density at radius 2 is 2.22 bits per heavy atom. The molecule has 0 N–H and O–H groups in total. The third kappa shape index (κ3) is 3.73. The molecular weight excluding hydrogens is 350 g/mol. The molecule has 0 heterocycles. The van der Waals surface area contributed by atoms with Crippen LogP contribution < -0.4 is 4.74 Å². The molecule has 0 atom stereocenters. The van der Waals surface area contributed by atoms with Gasteiger partial charge in [0.1, 0.15) is 0 Å². The zero-order valence-electron chi connectivity index (χ0n) is 9.44. The van der Waals surface area contributed by atoms with Gasteiger partial charge in [-0.15, -0.1) is 11.6 Å². The molecule has 0 aliphatic rings. The van der Waals surface area contributed by atoms with Crippen molar-refractivity contribution in [2.24, 2.45) is 0 Å². The first-order valence-corrected chi connectivity index (χ1v) is 6.72. The standard InChI is InChI=1S/C11H10BrCl2FO3/c1-2-17-9(16)5-18-8-3-7(12)6(4-13)10(14)11(8)15/h3H,2,4-5H2,1H3. The van der Waals surface area contributed by atoms with Gasteiger partial charge in [0.05, 0.1) is 17.5 Å². The molecule has 1 aromatic rings. The van der Waals surface area contributed by atoms with E-state index >= 15 is 0 Å². The Labute approximate surface area is 122 Å². The number of alkyl halides is 1. The van der Waals surface area contributed by atoms with E-state index in [4.69, 9.17) is 27.9 Å². The largest absolute Gasteiger partial charge is 0.479 e. The Morgan fingerprint density at radius 3 is 2.78 bits per heavy atom. The molecular formula is C11H10BrCl2FO3. The lowest BCUT2D eigenvalue weighted by Crippen LogP contribution is -2.15. The number of hydrogen-bond acceptors (Lipinski definition) is 3. The van der Waals surface area contributed by atoms with Crippen molar-refractivity contribution in [2.45, 2.75) is 12.8 Å². The number of halogens is 4. The van der Waals surface area contributed by atoms with Gasteiger partial charge >= 0.3 is 5.97 Å². The molecule has 0 aliphatic carbocycles. The normalized spacial score (nSPS) is 10.3. The SMILES string of the molecule is CCOC(=O)COc1cc(Br)c(CCl)c(Cl)c1F. The number of ether oxygens (including phenoxy) is 2. The summed E-state index contributed by atoms with van der Waals surface area (Å²) in [5, 5.41) is -0.127. The minimum absolute atomic E-state index is 0.0640. The first kappa shape index (κ1) is 15.5. The number of hydrogen-bond donors (Lipinski definition) is 0. The van der Waals surface area contributed by atoms with Gasteiger partial charge in [-0.05, 0) is 13.0 Å². The minimum Gasteiger partial charge on any atom is -0.479 e. The van der Waals surface area contributed by atoms with Crippen LogP contribution in [0.4, 0.5) is 4.39 Å². The van der Waals surface area contributed by atoms with Crippen molar-refractivity contribution in [3.8, 4) is 5.75 Å². The lowest BCUT2D eigenvalue weighted by atomic mass is 10.2. The van der Waals surface area contributed by atoms with Crippen LogP contribution in [0.1, 0.15) is 12.5 Å². The number of rotatable bonds is 5. The maximum absolute atomic E-state index is 13.8. The van der Waals surface area contributed by atoms with E-state index in [0.717, 1.165) is 0 Å². The zero-order valence-corrected chi connectivity index (χ0v) is 12.5. The Bertz CT molecular complexity index is 454. The number of esters is 1. The smallest absolute Gasteiger partial charge is 0.344 e. The van der Waals surface area contributed by atoms with Crippen molar-refractivity contribution < 1.29 is 18.7 Å². The predicted octanol–water partition coefficient (Wildman–Crippen LogP) is 3.92. The van der Waals surface area contributed by atoms with Crippen LogP contribution in [0.25, 0.3) is 0 Å². The monoisotopic (exact) mass is 358 g/mol. The van der Waals surface area contributed by atoms with Gasteiger partial charge in [-0.3, -0.25) is 0 Å². The van der Waals surface area contributed by atoms with E-state index < -0.39 is 11.8 Å². The van der Waals surface area contributed by atoms with E-state index in [1.54, 1.807) is 6.92 Å². The number of carbonyl (C=O) groups excluding carboxylic acids is 1. The molecule has 18 heavy (non-hydrogen) atoms. The van der Waals surface area contributed by atoms with Crippen LogP contribution in [0.2, 0.25) is 5.02 Å². The van der Waals surface area contributed by atoms with Crippen LogP contribution in [0.3, 0.4) is 0 Å². The van der Waals surface area contributed by atoms with Gasteiger partial charge in [0.15, 0.2) is 18.2 Å². The molecule has 100 valence electrons. The van der Waals surface area contributed by atoms with Gasteiger partial charge in [0.2, 0.25) is 0 Å². The molecule has 0 amide bonds. The summed E-state index contributed by atoms with van der Waals surface area (Å²) in [4.78, 5) is 11.1. The average molecular weight is 360 g/mol. The van der Waals surface area contributed by atoms with Gasteiger partial charge in [-0.25, -0.2) is 9.18 Å². The topological polar surface area (TPSA) is 35.5 Å². The van der Waals surface area contributed by atoms with Gasteiger partial charge in [-0.1, -0.05) is 27.5 Å². The Balaban J connectivity index is 2.88. The predicted molar refractivity (Wildman–Crippen MR) is 70.8 cm³/mol. The van der Waals surface area contributed by atoms with Crippen molar-refractivity contribution in [1.29, 1.82) is 0 Å². The van der Waals surface area contributed by atoms with Gasteiger partial charge in [-0.2, -0.15) is 0 Å². The summed E-state index contributed by atoms with van der Waals surface area (Å²) in [6.45, 7) is 1.52. The Morgan fingerprint density at radius 1 is 1.56 bits per heavy atom. The van der Waals surface area contributed by atoms with E-state index in [1.807, 2.05) is 0 Å². The summed E-state index contributed by atoms with van der Waals surface area (Å²) >= 11 is 14.6. The third-order valence-corrected chi connectivity index (χ3v) is 3.37. The highest BCUT2D eigenvalue weighted by Gasteiger charge is 2.17. The maximum atomic E-state index is 13.8. The highest BCUT2D eigenvalue weighted by molar-refractivity contribution is 9.10. The summed E-state index contributed by atoms with van der Waals surface area (Å²) in [5.41, 5.74) is 0.430. The molecule has 3 nitrogen and oxygen atoms in total. The minimum atomic E-state index is -0.750. The van der Waals surface area contributed by atoms with E-state index in [2.05, 4.69) is 20.7 Å². The molecule has 0 radical (unpaired) electrons. The fourth-order valence-corrected chi connectivity index (χ4v) is 2.61. The van der Waals surface area contributed by atoms with Crippen molar-refractivity contribution in [1.82, 2.24) is 0 Å². The first-order valence-electron chi connectivity index (χ1n) is 5.02. The van der Waals surface area contributed by atoms with Gasteiger partial charge < -0.3 is 9.47 Å². The second-order valence-corrected chi connectivity index (χ2v) is 4.69. The van der Waals surface area contributed by atoms with Crippen LogP contribution in [0, 0.1) is 5.82 Å². The number of carbonyl (C=O) groups is 1. The summed E-state index contributed by atoms with van der Waals surface area (Å²) in [6, 6.07) is 1.37. The lowest BCUT2D eigenvalue weighted by molar-refractivity contribution is -0.145. The van der Waals surface area contributed by atoms with E-state index in [1.165, 1.54) is 6.07 Å². The summed E-state index contributed by atoms with van der Waals surface area (Å²) in [5.74, 6) is -1.40. The molecule has 0 spiro atoms. The van der Waals surface area contributed by atoms with Crippen molar-refractivity contribution in [3.63, 3.8) is 0 Å². The second kappa shape index (κ2) is 7.16. The Hall–Kier alpha value is -0.520. The van der Waals surface area contributed by atoms with Crippen molar-refractivity contribution in [2.75, 3.05) is 13.2 Å². The summed E-state index contributed by atoms with van der Waals surface area (Å²) < 4.78 is 24.0. The van der Waals surface area contributed by atoms with Crippen LogP contribution >= 0.6 is 39.1 Å². The fraction of sp³-hybridized carbons (Fsp3) is 0.364. The molecule has 0 aliphatic heterocycles. The molecule has 0 unspecified atom stereocenters. The van der Waals surface area contributed by atoms with Gasteiger partial charge in [0, 0.05) is 10.0 Å². The molecule has 1 rings (SSSR count). The van der Waals surface area contributed by atoms with Crippen LogP contribution in [-0.2, 0) is 15.4 Å². The maximum Gasteiger partial charge on any atom is 0.344 e. The highest BCUT2D eigenvalue weighted by atomic mass is 79.9. The molecule has 0 saturated heterocycles. The molecule has 0 saturated carbocycles. The third-order valence-electron chi connectivity index (χ3n) is 2.00. The fourth-order valence-electron chi connectivity index (χ4n) is 1.18.